The lowest BCUT2D eigenvalue weighted by molar-refractivity contribution is 0.562. The first-order valence-corrected chi connectivity index (χ1v) is 11.1. The molecule has 0 bridgehead atoms. The molecule has 0 amide bonds. The van der Waals surface area contributed by atoms with Gasteiger partial charge in [0.1, 0.15) is 11.4 Å². The van der Waals surface area contributed by atoms with Crippen LogP contribution in [0.1, 0.15) is 11.1 Å². The second kappa shape index (κ2) is 9.18. The minimum Gasteiger partial charge on any atom is -0.422 e. The molecule has 33 heavy (non-hydrogen) atoms. The first kappa shape index (κ1) is 20.8. The highest BCUT2D eigenvalue weighted by molar-refractivity contribution is 7.07. The maximum atomic E-state index is 13.1. The Balaban J connectivity index is 1.61. The zero-order chi connectivity index (χ0) is 22.6. The summed E-state index contributed by atoms with van der Waals surface area (Å²) in [6.45, 7) is 0.511. The summed E-state index contributed by atoms with van der Waals surface area (Å²) in [6, 6.07) is 25.2. The lowest BCUT2D eigenvalue weighted by Gasteiger charge is -2.09. The number of halogens is 1. The van der Waals surface area contributed by atoms with Gasteiger partial charge in [-0.05, 0) is 35.4 Å². The highest BCUT2D eigenvalue weighted by Crippen LogP contribution is 2.22. The molecule has 162 valence electrons. The molecule has 2 heterocycles. The van der Waals surface area contributed by atoms with Crippen molar-refractivity contribution in [3.63, 3.8) is 0 Å². The molecule has 3 aromatic carbocycles. The van der Waals surface area contributed by atoms with Crippen LogP contribution in [0, 0.1) is 5.82 Å². The fourth-order valence-corrected chi connectivity index (χ4v) is 4.33. The normalized spacial score (nSPS) is 12.1. The summed E-state index contributed by atoms with van der Waals surface area (Å²) < 4.78 is 20.6. The van der Waals surface area contributed by atoms with Gasteiger partial charge in [-0.2, -0.15) is 5.10 Å². The van der Waals surface area contributed by atoms with E-state index in [1.807, 2.05) is 64.5 Å². The van der Waals surface area contributed by atoms with Gasteiger partial charge in [-0.15, -0.1) is 16.4 Å². The van der Waals surface area contributed by atoms with Gasteiger partial charge in [0.2, 0.25) is 4.80 Å². The van der Waals surface area contributed by atoms with Gasteiger partial charge in [-0.25, -0.2) is 9.18 Å². The van der Waals surface area contributed by atoms with E-state index in [1.54, 1.807) is 24.4 Å². The first-order chi connectivity index (χ1) is 16.2. The predicted molar refractivity (Wildman–Crippen MR) is 129 cm³/mol. The molecule has 2 aromatic heterocycles. The Kier molecular flexibility index (Phi) is 5.78. The van der Waals surface area contributed by atoms with Gasteiger partial charge >= 0.3 is 5.63 Å². The van der Waals surface area contributed by atoms with Crippen molar-refractivity contribution in [1.29, 1.82) is 0 Å². The van der Waals surface area contributed by atoms with Crippen LogP contribution in [0.15, 0.2) is 110 Å². The summed E-state index contributed by atoms with van der Waals surface area (Å²) in [4.78, 5) is 13.4. The Morgan fingerprint density at radius 3 is 2.55 bits per heavy atom. The summed E-state index contributed by atoms with van der Waals surface area (Å²) >= 11 is 1.38. The zero-order valence-electron chi connectivity index (χ0n) is 17.4. The number of nitrogens with zero attached hydrogens (tertiary/aromatic N) is 3. The highest BCUT2D eigenvalue weighted by Gasteiger charge is 2.14. The maximum absolute atomic E-state index is 13.1. The number of thiazole rings is 1. The van der Waals surface area contributed by atoms with Gasteiger partial charge in [0.15, 0.2) is 0 Å². The second-order valence-electron chi connectivity index (χ2n) is 7.36. The summed E-state index contributed by atoms with van der Waals surface area (Å²) in [5.41, 5.74) is 3.11. The van der Waals surface area contributed by atoms with Crippen molar-refractivity contribution >= 4 is 28.5 Å². The molecule has 0 N–H and O–H groups in total. The lowest BCUT2D eigenvalue weighted by atomic mass is 10.1. The number of benzene rings is 3. The van der Waals surface area contributed by atoms with Crippen molar-refractivity contribution in [1.82, 2.24) is 4.57 Å². The molecule has 0 radical (unpaired) electrons. The van der Waals surface area contributed by atoms with Crippen LogP contribution >= 0.6 is 11.3 Å². The van der Waals surface area contributed by atoms with Gasteiger partial charge in [-0.1, -0.05) is 60.7 Å². The van der Waals surface area contributed by atoms with E-state index in [0.717, 1.165) is 16.5 Å². The van der Waals surface area contributed by atoms with Crippen LogP contribution in [0.25, 0.3) is 22.2 Å². The van der Waals surface area contributed by atoms with Crippen molar-refractivity contribution in [3.8, 4) is 11.3 Å². The maximum Gasteiger partial charge on any atom is 0.345 e. The minimum atomic E-state index is -0.408. The second-order valence-corrected chi connectivity index (χ2v) is 8.19. The Bertz CT molecular complexity index is 1570. The molecule has 0 aliphatic heterocycles. The molecule has 5 nitrogen and oxygen atoms in total. The average Bonchev–Trinajstić information content (AvgIpc) is 3.22. The van der Waals surface area contributed by atoms with Crippen LogP contribution < -0.4 is 10.4 Å². The van der Waals surface area contributed by atoms with Crippen molar-refractivity contribution < 1.29 is 8.81 Å². The van der Waals surface area contributed by atoms with Crippen molar-refractivity contribution in [2.24, 2.45) is 10.2 Å². The third kappa shape index (κ3) is 4.58. The Morgan fingerprint density at radius 2 is 1.73 bits per heavy atom. The molecule has 0 fully saturated rings. The van der Waals surface area contributed by atoms with Gasteiger partial charge in [0.05, 0.1) is 24.0 Å². The topological polar surface area (TPSA) is 59.9 Å². The molecule has 0 saturated carbocycles. The lowest BCUT2D eigenvalue weighted by Crippen LogP contribution is -2.18. The van der Waals surface area contributed by atoms with E-state index in [9.17, 15) is 9.18 Å². The molecular weight excluding hydrogens is 437 g/mol. The SMILES string of the molecule is O=c1oc2ccccc2cc1-c1cs/c(=N\N=C\c2ccc(F)cc2)n1Cc1ccccc1. The Labute approximate surface area is 192 Å². The van der Waals surface area contributed by atoms with E-state index < -0.39 is 5.63 Å². The largest absolute Gasteiger partial charge is 0.422 e. The number of fused-ring (bicyclic) bond motifs is 1. The highest BCUT2D eigenvalue weighted by atomic mass is 32.1. The summed E-state index contributed by atoms with van der Waals surface area (Å²) in [5, 5.41) is 11.3. The minimum absolute atomic E-state index is 0.304. The van der Waals surface area contributed by atoms with Crippen LogP contribution in [0.5, 0.6) is 0 Å². The van der Waals surface area contributed by atoms with Crippen molar-refractivity contribution in [2.45, 2.75) is 6.54 Å². The van der Waals surface area contributed by atoms with Crippen LogP contribution in [0.4, 0.5) is 4.39 Å². The number of rotatable bonds is 5. The standard InChI is InChI=1S/C26H18FN3O2S/c27-21-12-10-18(11-13-21)15-28-29-26-30(16-19-6-2-1-3-7-19)23(17-33-26)22-14-20-8-4-5-9-24(20)32-25(22)31/h1-15,17H,16H2/b28-15+,29-26-. The fraction of sp³-hybridized carbons (Fsp3) is 0.0385. The van der Waals surface area contributed by atoms with E-state index in [-0.39, 0.29) is 5.82 Å². The van der Waals surface area contributed by atoms with Gasteiger partial charge in [0.25, 0.3) is 0 Å². The number of hydrogen-bond donors (Lipinski definition) is 0. The van der Waals surface area contributed by atoms with E-state index in [2.05, 4.69) is 10.2 Å². The van der Waals surface area contributed by atoms with Crippen molar-refractivity contribution in [2.75, 3.05) is 0 Å². The van der Waals surface area contributed by atoms with Crippen LogP contribution in [-0.4, -0.2) is 10.8 Å². The van der Waals surface area contributed by atoms with Gasteiger partial charge in [0, 0.05) is 10.8 Å². The molecule has 0 spiro atoms. The molecule has 5 aromatic rings. The quantitative estimate of drug-likeness (QED) is 0.201. The molecule has 0 atom stereocenters. The van der Waals surface area contributed by atoms with Crippen LogP contribution in [0.3, 0.4) is 0 Å². The monoisotopic (exact) mass is 455 g/mol. The molecule has 0 aliphatic rings. The first-order valence-electron chi connectivity index (χ1n) is 10.3. The smallest absolute Gasteiger partial charge is 0.345 e. The number of aromatic nitrogens is 1. The molecule has 5 rings (SSSR count). The van der Waals surface area contributed by atoms with Crippen molar-refractivity contribution in [3.05, 3.63) is 122 Å². The summed E-state index contributed by atoms with van der Waals surface area (Å²) in [6.07, 6.45) is 1.57. The average molecular weight is 456 g/mol. The molecule has 0 saturated heterocycles. The van der Waals surface area contributed by atoms with Gasteiger partial charge < -0.3 is 8.98 Å². The summed E-state index contributed by atoms with van der Waals surface area (Å²) in [7, 11) is 0. The van der Waals surface area contributed by atoms with Crippen LogP contribution in [-0.2, 0) is 6.54 Å². The third-order valence-corrected chi connectivity index (χ3v) is 5.97. The van der Waals surface area contributed by atoms with Gasteiger partial charge in [-0.3, -0.25) is 0 Å². The van der Waals surface area contributed by atoms with E-state index >= 15 is 0 Å². The van der Waals surface area contributed by atoms with E-state index in [1.165, 1.54) is 23.5 Å². The van der Waals surface area contributed by atoms with Crippen LogP contribution in [0.2, 0.25) is 0 Å². The zero-order valence-corrected chi connectivity index (χ0v) is 18.2. The fourth-order valence-electron chi connectivity index (χ4n) is 3.48. The van der Waals surface area contributed by atoms with E-state index in [4.69, 9.17) is 4.42 Å². The van der Waals surface area contributed by atoms with E-state index in [0.29, 0.717) is 28.2 Å². The number of hydrogen-bond acceptors (Lipinski definition) is 5. The third-order valence-electron chi connectivity index (χ3n) is 5.12. The summed E-state index contributed by atoms with van der Waals surface area (Å²) in [5.74, 6) is -0.304. The molecule has 0 aliphatic carbocycles. The Morgan fingerprint density at radius 1 is 0.970 bits per heavy atom. The predicted octanol–water partition coefficient (Wildman–Crippen LogP) is 5.45. The Hall–Kier alpha value is -4.10. The molecule has 0 unspecified atom stereocenters. The molecule has 7 heteroatoms. The molecular formula is C26H18FN3O2S. The number of para-hydroxylation sites is 1.